The van der Waals surface area contributed by atoms with Crippen LogP contribution in [0.3, 0.4) is 0 Å². The van der Waals surface area contributed by atoms with Gasteiger partial charge in [-0.05, 0) is 53.1 Å². The molecule has 1 atom stereocenters. The van der Waals surface area contributed by atoms with Crippen LogP contribution in [-0.2, 0) is 22.6 Å². The van der Waals surface area contributed by atoms with Gasteiger partial charge in [0.15, 0.2) is 0 Å². The van der Waals surface area contributed by atoms with Crippen LogP contribution in [0.2, 0.25) is 0 Å². The highest BCUT2D eigenvalue weighted by Gasteiger charge is 2.25. The minimum atomic E-state index is -0.905. The number of para-hydroxylation sites is 2. The van der Waals surface area contributed by atoms with Crippen molar-refractivity contribution in [3.8, 4) is 28.4 Å². The average molecular weight is 637 g/mol. The predicted molar refractivity (Wildman–Crippen MR) is 170 cm³/mol. The molecule has 5 aromatic carbocycles. The van der Waals surface area contributed by atoms with E-state index in [1.165, 1.54) is 7.11 Å². The van der Waals surface area contributed by atoms with Crippen molar-refractivity contribution in [3.05, 3.63) is 149 Å². The Morgan fingerprint density at radius 1 is 0.744 bits per heavy atom. The van der Waals surface area contributed by atoms with Crippen LogP contribution in [0.5, 0.6) is 17.2 Å². The Balaban J connectivity index is 1.31. The molecular formula is C36H30BrNO5. The lowest BCUT2D eigenvalue weighted by Gasteiger charge is -2.19. The number of benzene rings is 5. The van der Waals surface area contributed by atoms with E-state index in [2.05, 4.69) is 21.2 Å². The number of carbonyl (C=O) groups is 2. The third-order valence-corrected chi connectivity index (χ3v) is 7.27. The number of carbonyl (C=O) groups excluding carboxylic acids is 2. The van der Waals surface area contributed by atoms with Gasteiger partial charge in [0.2, 0.25) is 0 Å². The van der Waals surface area contributed by atoms with Gasteiger partial charge >= 0.3 is 5.97 Å². The quantitative estimate of drug-likeness (QED) is 0.149. The van der Waals surface area contributed by atoms with Gasteiger partial charge in [0.05, 0.1) is 12.7 Å². The zero-order valence-corrected chi connectivity index (χ0v) is 25.1. The Morgan fingerprint density at radius 3 is 2.14 bits per heavy atom. The van der Waals surface area contributed by atoms with Crippen molar-refractivity contribution in [3.63, 3.8) is 0 Å². The Kier molecular flexibility index (Phi) is 9.87. The van der Waals surface area contributed by atoms with Crippen LogP contribution in [-0.4, -0.2) is 25.0 Å². The fourth-order valence-electron chi connectivity index (χ4n) is 4.58. The van der Waals surface area contributed by atoms with Gasteiger partial charge in [0.25, 0.3) is 5.91 Å². The molecule has 0 saturated carbocycles. The van der Waals surface area contributed by atoms with Gasteiger partial charge < -0.3 is 19.5 Å². The first kappa shape index (κ1) is 29.6. The van der Waals surface area contributed by atoms with E-state index < -0.39 is 17.9 Å². The minimum absolute atomic E-state index is 0.245. The number of esters is 1. The summed E-state index contributed by atoms with van der Waals surface area (Å²) in [5.41, 5.74) is 4.04. The van der Waals surface area contributed by atoms with Crippen molar-refractivity contribution in [1.29, 1.82) is 0 Å². The van der Waals surface area contributed by atoms with Crippen molar-refractivity contribution in [2.75, 3.05) is 7.11 Å². The molecule has 0 unspecified atom stereocenters. The zero-order chi connectivity index (χ0) is 30.0. The van der Waals surface area contributed by atoms with E-state index in [1.54, 1.807) is 18.2 Å². The molecule has 1 N–H and O–H groups in total. The molecule has 6 nitrogen and oxygen atoms in total. The minimum Gasteiger partial charge on any atom is -0.488 e. The Morgan fingerprint density at radius 2 is 1.42 bits per heavy atom. The van der Waals surface area contributed by atoms with E-state index in [4.69, 9.17) is 14.2 Å². The van der Waals surface area contributed by atoms with Crippen molar-refractivity contribution in [2.45, 2.75) is 19.1 Å². The summed E-state index contributed by atoms with van der Waals surface area (Å²) in [5.74, 6) is 0.917. The molecule has 43 heavy (non-hydrogen) atoms. The van der Waals surface area contributed by atoms with E-state index in [9.17, 15) is 9.59 Å². The van der Waals surface area contributed by atoms with Gasteiger partial charge in [0, 0.05) is 16.5 Å². The van der Waals surface area contributed by atoms with Crippen LogP contribution in [0.4, 0.5) is 0 Å². The molecule has 1 amide bonds. The molecule has 0 fully saturated rings. The molecule has 0 heterocycles. The fourth-order valence-corrected chi connectivity index (χ4v) is 4.94. The summed E-state index contributed by atoms with van der Waals surface area (Å²) >= 11 is 3.44. The summed E-state index contributed by atoms with van der Waals surface area (Å²) in [5, 5.41) is 2.85. The van der Waals surface area contributed by atoms with E-state index in [1.807, 2.05) is 109 Å². The molecular weight excluding hydrogens is 606 g/mol. The molecule has 0 spiro atoms. The lowest BCUT2D eigenvalue weighted by Crippen LogP contribution is -2.43. The monoisotopic (exact) mass is 635 g/mol. The third-order valence-electron chi connectivity index (χ3n) is 6.78. The normalized spacial score (nSPS) is 11.3. The summed E-state index contributed by atoms with van der Waals surface area (Å²) in [6.07, 6.45) is 0.245. The Bertz CT molecular complexity index is 1670. The number of ether oxygens (including phenoxy) is 3. The lowest BCUT2D eigenvalue weighted by atomic mass is 9.99. The van der Waals surface area contributed by atoms with Crippen LogP contribution < -0.4 is 14.8 Å². The number of halogens is 1. The van der Waals surface area contributed by atoms with Crippen molar-refractivity contribution in [1.82, 2.24) is 5.32 Å². The van der Waals surface area contributed by atoms with Crippen molar-refractivity contribution >= 4 is 27.8 Å². The summed E-state index contributed by atoms with van der Waals surface area (Å²) in [7, 11) is 1.31. The SMILES string of the molecule is COC(=O)[C@H](Cc1ccc(-c2ccccc2Oc2ccccc2)cc1)NC(=O)c1cc(Br)ccc1OCc1ccccc1. The van der Waals surface area contributed by atoms with E-state index in [0.717, 1.165) is 33.8 Å². The Labute approximate surface area is 259 Å². The number of rotatable bonds is 11. The van der Waals surface area contributed by atoms with Crippen molar-refractivity contribution < 1.29 is 23.8 Å². The predicted octanol–water partition coefficient (Wildman–Crippen LogP) is 8.00. The number of hydrogen-bond donors (Lipinski definition) is 1. The number of nitrogens with one attached hydrogen (secondary N) is 1. The molecule has 7 heteroatoms. The van der Waals surface area contributed by atoms with E-state index in [0.29, 0.717) is 22.4 Å². The second-order valence-electron chi connectivity index (χ2n) is 9.78. The van der Waals surface area contributed by atoms with Crippen LogP contribution >= 0.6 is 15.9 Å². The van der Waals surface area contributed by atoms with Crippen LogP contribution in [0, 0.1) is 0 Å². The third kappa shape index (κ3) is 7.90. The van der Waals surface area contributed by atoms with Crippen LogP contribution in [0.25, 0.3) is 11.1 Å². The summed E-state index contributed by atoms with van der Waals surface area (Å²) < 4.78 is 17.9. The summed E-state index contributed by atoms with van der Waals surface area (Å²) in [6, 6.07) is 39.3. The maximum atomic E-state index is 13.4. The van der Waals surface area contributed by atoms with E-state index >= 15 is 0 Å². The summed E-state index contributed by atoms with van der Waals surface area (Å²) in [4.78, 5) is 26.2. The highest BCUT2D eigenvalue weighted by atomic mass is 79.9. The Hall–Kier alpha value is -4.88. The molecule has 5 aromatic rings. The molecule has 0 aliphatic rings. The van der Waals surface area contributed by atoms with Gasteiger partial charge in [-0.25, -0.2) is 4.79 Å². The summed E-state index contributed by atoms with van der Waals surface area (Å²) in [6.45, 7) is 0.301. The molecule has 0 aromatic heterocycles. The highest BCUT2D eigenvalue weighted by Crippen LogP contribution is 2.33. The number of hydrogen-bond acceptors (Lipinski definition) is 5. The number of methoxy groups -OCH3 is 1. The molecule has 0 radical (unpaired) electrons. The molecule has 0 aliphatic carbocycles. The van der Waals surface area contributed by atoms with Gasteiger partial charge in [-0.1, -0.05) is 107 Å². The first-order valence-corrected chi connectivity index (χ1v) is 14.6. The van der Waals surface area contributed by atoms with Gasteiger partial charge in [0.1, 0.15) is 29.9 Å². The topological polar surface area (TPSA) is 73.9 Å². The smallest absolute Gasteiger partial charge is 0.328 e. The lowest BCUT2D eigenvalue weighted by molar-refractivity contribution is -0.142. The molecule has 5 rings (SSSR count). The van der Waals surface area contributed by atoms with Gasteiger partial charge in [-0.3, -0.25) is 4.79 Å². The zero-order valence-electron chi connectivity index (χ0n) is 23.5. The fraction of sp³-hybridized carbons (Fsp3) is 0.111. The maximum absolute atomic E-state index is 13.4. The maximum Gasteiger partial charge on any atom is 0.328 e. The largest absolute Gasteiger partial charge is 0.488 e. The standard InChI is InChI=1S/C36H30BrNO5/c1-41-36(40)32(38-35(39)31-23-28(37)20-21-33(31)42-24-26-10-4-2-5-11-26)22-25-16-18-27(19-17-25)30-14-8-9-15-34(30)43-29-12-6-3-7-13-29/h2-21,23,32H,22,24H2,1H3,(H,38,39)/t32-/m0/s1. The first-order chi connectivity index (χ1) is 21.0. The van der Waals surface area contributed by atoms with Gasteiger partial charge in [-0.2, -0.15) is 0 Å². The van der Waals surface area contributed by atoms with Gasteiger partial charge in [-0.15, -0.1) is 0 Å². The molecule has 0 bridgehead atoms. The van der Waals surface area contributed by atoms with Crippen LogP contribution in [0.15, 0.2) is 132 Å². The van der Waals surface area contributed by atoms with Crippen molar-refractivity contribution in [2.24, 2.45) is 0 Å². The molecule has 0 saturated heterocycles. The number of amides is 1. The molecule has 0 aliphatic heterocycles. The highest BCUT2D eigenvalue weighted by molar-refractivity contribution is 9.10. The van der Waals surface area contributed by atoms with Crippen LogP contribution in [0.1, 0.15) is 21.5 Å². The first-order valence-electron chi connectivity index (χ1n) is 13.8. The van der Waals surface area contributed by atoms with E-state index in [-0.39, 0.29) is 6.42 Å². The second-order valence-corrected chi connectivity index (χ2v) is 10.7. The second kappa shape index (κ2) is 14.3. The molecule has 216 valence electrons. The average Bonchev–Trinajstić information content (AvgIpc) is 3.05.